The minimum absolute atomic E-state index is 0.231. The molecule has 0 radical (unpaired) electrons. The topological polar surface area (TPSA) is 66.5 Å². The number of hydrogen-bond acceptors (Lipinski definition) is 3. The zero-order chi connectivity index (χ0) is 19.6. The van der Waals surface area contributed by atoms with Gasteiger partial charge in [0.2, 0.25) is 10.0 Å². The van der Waals surface area contributed by atoms with Crippen LogP contribution in [0.15, 0.2) is 53.4 Å². The first-order valence-electron chi connectivity index (χ1n) is 8.93. The van der Waals surface area contributed by atoms with Crippen molar-refractivity contribution in [3.63, 3.8) is 0 Å². The van der Waals surface area contributed by atoms with Crippen molar-refractivity contribution in [3.8, 4) is 0 Å². The highest BCUT2D eigenvalue weighted by Gasteiger charge is 2.31. The van der Waals surface area contributed by atoms with Gasteiger partial charge in [0.15, 0.2) is 0 Å². The van der Waals surface area contributed by atoms with Gasteiger partial charge in [-0.25, -0.2) is 8.42 Å². The number of anilines is 1. The molecule has 2 aromatic carbocycles. The van der Waals surface area contributed by atoms with Crippen LogP contribution in [0, 0.1) is 15.4 Å². The summed E-state index contributed by atoms with van der Waals surface area (Å²) in [7, 11) is -3.53. The Morgan fingerprint density at radius 1 is 1.00 bits per heavy atom. The molecule has 1 saturated heterocycles. The molecule has 2 atom stereocenters. The summed E-state index contributed by atoms with van der Waals surface area (Å²) in [6.45, 7) is 5.25. The van der Waals surface area contributed by atoms with E-state index in [1.54, 1.807) is 16.4 Å². The highest BCUT2D eigenvalue weighted by atomic mass is 127. The first-order chi connectivity index (χ1) is 12.8. The van der Waals surface area contributed by atoms with E-state index in [-0.39, 0.29) is 10.8 Å². The van der Waals surface area contributed by atoms with Gasteiger partial charge in [-0.2, -0.15) is 4.31 Å². The highest BCUT2D eigenvalue weighted by Crippen LogP contribution is 2.26. The molecule has 1 aliphatic heterocycles. The molecule has 2 aromatic rings. The number of hydrogen-bond donors (Lipinski definition) is 1. The Bertz CT molecular complexity index is 901. The van der Waals surface area contributed by atoms with Crippen molar-refractivity contribution < 1.29 is 13.2 Å². The summed E-state index contributed by atoms with van der Waals surface area (Å²) in [5.41, 5.74) is 1.13. The molecule has 27 heavy (non-hydrogen) atoms. The van der Waals surface area contributed by atoms with Crippen molar-refractivity contribution in [2.75, 3.05) is 18.4 Å². The third kappa shape index (κ3) is 4.89. The first-order valence-corrected chi connectivity index (χ1v) is 11.4. The molecule has 0 spiro atoms. The summed E-state index contributed by atoms with van der Waals surface area (Å²) in [6.07, 6.45) is 1.05. The zero-order valence-corrected chi connectivity index (χ0v) is 18.3. The predicted octanol–water partition coefficient (Wildman–Crippen LogP) is 4.21. The number of benzene rings is 2. The maximum Gasteiger partial charge on any atom is 0.255 e. The van der Waals surface area contributed by atoms with Gasteiger partial charge in [0.25, 0.3) is 5.91 Å². The van der Waals surface area contributed by atoms with Crippen LogP contribution in [0.3, 0.4) is 0 Å². The van der Waals surface area contributed by atoms with Gasteiger partial charge in [-0.3, -0.25) is 4.79 Å². The van der Waals surface area contributed by atoms with Crippen molar-refractivity contribution in [1.29, 1.82) is 0 Å². The van der Waals surface area contributed by atoms with Gasteiger partial charge in [0.05, 0.1) is 4.90 Å². The summed E-state index contributed by atoms with van der Waals surface area (Å²) >= 11 is 2.20. The fourth-order valence-electron chi connectivity index (χ4n) is 3.47. The number of sulfonamides is 1. The summed E-state index contributed by atoms with van der Waals surface area (Å²) < 4.78 is 28.5. The molecule has 2 unspecified atom stereocenters. The second-order valence-corrected chi connectivity index (χ2v) is 10.4. The predicted molar refractivity (Wildman–Crippen MR) is 115 cm³/mol. The minimum atomic E-state index is -3.53. The molecule has 0 saturated carbocycles. The van der Waals surface area contributed by atoms with Crippen LogP contribution in [0.5, 0.6) is 0 Å². The Morgan fingerprint density at radius 2 is 1.56 bits per heavy atom. The monoisotopic (exact) mass is 498 g/mol. The lowest BCUT2D eigenvalue weighted by molar-refractivity contribution is 0.102. The van der Waals surface area contributed by atoms with Crippen LogP contribution < -0.4 is 5.32 Å². The van der Waals surface area contributed by atoms with Crippen molar-refractivity contribution in [1.82, 2.24) is 4.31 Å². The second-order valence-electron chi connectivity index (χ2n) is 7.25. The average Bonchev–Trinajstić information content (AvgIpc) is 2.63. The van der Waals surface area contributed by atoms with Crippen LogP contribution in [-0.4, -0.2) is 31.7 Å². The number of rotatable bonds is 4. The largest absolute Gasteiger partial charge is 0.322 e. The molecule has 5 nitrogen and oxygen atoms in total. The number of halogens is 1. The maximum atomic E-state index is 12.9. The number of piperidine rings is 1. The smallest absolute Gasteiger partial charge is 0.255 e. The molecule has 1 aliphatic rings. The molecule has 1 heterocycles. The normalized spacial score (nSPS) is 21.0. The number of nitrogens with one attached hydrogen (secondary N) is 1. The molecular formula is C20H23IN2O3S. The van der Waals surface area contributed by atoms with Gasteiger partial charge in [-0.1, -0.05) is 13.8 Å². The van der Waals surface area contributed by atoms with Crippen LogP contribution in [0.2, 0.25) is 0 Å². The molecule has 0 bridgehead atoms. The molecule has 1 N–H and O–H groups in total. The fourth-order valence-corrected chi connectivity index (χ4v) is 5.51. The SMILES string of the molecule is CC1CC(C)CN(S(=O)(=O)c2ccc(C(=O)Nc3ccc(I)cc3)cc2)C1. The van der Waals surface area contributed by atoms with E-state index in [4.69, 9.17) is 0 Å². The Hall–Kier alpha value is -1.45. The summed E-state index contributed by atoms with van der Waals surface area (Å²) in [4.78, 5) is 12.6. The quantitative estimate of drug-likeness (QED) is 0.643. The van der Waals surface area contributed by atoms with Crippen LogP contribution >= 0.6 is 22.6 Å². The lowest BCUT2D eigenvalue weighted by Gasteiger charge is -2.34. The van der Waals surface area contributed by atoms with Crippen LogP contribution in [0.1, 0.15) is 30.6 Å². The third-order valence-electron chi connectivity index (χ3n) is 4.69. The van der Waals surface area contributed by atoms with Gasteiger partial charge in [-0.05, 0) is 89.4 Å². The average molecular weight is 498 g/mol. The Labute approximate surface area is 174 Å². The highest BCUT2D eigenvalue weighted by molar-refractivity contribution is 14.1. The van der Waals surface area contributed by atoms with E-state index in [0.29, 0.717) is 36.2 Å². The summed E-state index contributed by atoms with van der Waals surface area (Å²) in [5.74, 6) is 0.436. The molecule has 0 aliphatic carbocycles. The van der Waals surface area contributed by atoms with E-state index >= 15 is 0 Å². The van der Waals surface area contributed by atoms with E-state index in [1.807, 2.05) is 24.3 Å². The van der Waals surface area contributed by atoms with E-state index < -0.39 is 10.0 Å². The molecule has 3 rings (SSSR count). The minimum Gasteiger partial charge on any atom is -0.322 e. The van der Waals surface area contributed by atoms with E-state index in [9.17, 15) is 13.2 Å². The van der Waals surface area contributed by atoms with Crippen molar-refractivity contribution in [3.05, 3.63) is 57.7 Å². The summed E-state index contributed by atoms with van der Waals surface area (Å²) in [6, 6.07) is 13.6. The number of carbonyl (C=O) groups excluding carboxylic acids is 1. The van der Waals surface area contributed by atoms with Gasteiger partial charge in [0.1, 0.15) is 0 Å². The van der Waals surface area contributed by atoms with Gasteiger partial charge >= 0.3 is 0 Å². The Kier molecular flexibility index (Phi) is 6.22. The van der Waals surface area contributed by atoms with Gasteiger partial charge in [-0.15, -0.1) is 0 Å². The molecule has 7 heteroatoms. The lowest BCUT2D eigenvalue weighted by atomic mass is 9.94. The van der Waals surface area contributed by atoms with E-state index in [0.717, 1.165) is 9.99 Å². The standard InChI is InChI=1S/C20H23IN2O3S/c1-14-11-15(2)13-23(12-14)27(25,26)19-9-3-16(4-10-19)20(24)22-18-7-5-17(21)6-8-18/h3-10,14-15H,11-13H2,1-2H3,(H,22,24). The van der Waals surface area contributed by atoms with Gasteiger partial charge in [0, 0.05) is 27.9 Å². The fraction of sp³-hybridized carbons (Fsp3) is 0.350. The van der Waals surface area contributed by atoms with Crippen LogP contribution in [-0.2, 0) is 10.0 Å². The van der Waals surface area contributed by atoms with Crippen molar-refractivity contribution in [2.24, 2.45) is 11.8 Å². The molecule has 144 valence electrons. The number of amides is 1. The summed E-state index contributed by atoms with van der Waals surface area (Å²) in [5, 5.41) is 2.82. The van der Waals surface area contributed by atoms with Crippen LogP contribution in [0.4, 0.5) is 5.69 Å². The van der Waals surface area contributed by atoms with Crippen molar-refractivity contribution >= 4 is 44.2 Å². The zero-order valence-electron chi connectivity index (χ0n) is 15.4. The number of nitrogens with zero attached hydrogens (tertiary/aromatic N) is 1. The van der Waals surface area contributed by atoms with Crippen LogP contribution in [0.25, 0.3) is 0 Å². The first kappa shape index (κ1) is 20.3. The molecule has 0 aromatic heterocycles. The number of carbonyl (C=O) groups is 1. The molecule has 1 amide bonds. The second kappa shape index (κ2) is 8.28. The Morgan fingerprint density at radius 3 is 2.11 bits per heavy atom. The lowest BCUT2D eigenvalue weighted by Crippen LogP contribution is -2.42. The Balaban J connectivity index is 1.74. The van der Waals surface area contributed by atoms with E-state index in [1.165, 1.54) is 12.1 Å². The third-order valence-corrected chi connectivity index (χ3v) is 7.26. The van der Waals surface area contributed by atoms with E-state index in [2.05, 4.69) is 41.8 Å². The van der Waals surface area contributed by atoms with Gasteiger partial charge < -0.3 is 5.32 Å². The molecule has 1 fully saturated rings. The molecular weight excluding hydrogens is 475 g/mol. The maximum absolute atomic E-state index is 12.9. The van der Waals surface area contributed by atoms with Crippen molar-refractivity contribution in [2.45, 2.75) is 25.2 Å².